The maximum absolute atomic E-state index is 6.19. The van der Waals surface area contributed by atoms with Crippen molar-refractivity contribution in [3.63, 3.8) is 0 Å². The lowest BCUT2D eigenvalue weighted by atomic mass is 9.85. The zero-order chi connectivity index (χ0) is 15.2. The monoisotopic (exact) mass is 355 g/mol. The van der Waals surface area contributed by atoms with Crippen LogP contribution in [0.2, 0.25) is 0 Å². The molecule has 1 aromatic rings. The van der Waals surface area contributed by atoms with Gasteiger partial charge >= 0.3 is 0 Å². The molecule has 1 fully saturated rings. The zero-order valence-electron chi connectivity index (χ0n) is 13.2. The van der Waals surface area contributed by atoms with E-state index >= 15 is 0 Å². The van der Waals surface area contributed by atoms with Gasteiger partial charge in [0.25, 0.3) is 0 Å². The minimum absolute atomic E-state index is 0.152. The second-order valence-electron chi connectivity index (χ2n) is 5.70. The van der Waals surface area contributed by atoms with Gasteiger partial charge in [-0.1, -0.05) is 35.8 Å². The average Bonchev–Trinajstić information content (AvgIpc) is 2.46. The molecule has 3 unspecified atom stereocenters. The number of hydrogen-bond acceptors (Lipinski definition) is 3. The van der Waals surface area contributed by atoms with E-state index in [1.807, 2.05) is 12.1 Å². The summed E-state index contributed by atoms with van der Waals surface area (Å²) in [5.41, 5.74) is 1.16. The molecule has 0 saturated heterocycles. The van der Waals surface area contributed by atoms with Crippen molar-refractivity contribution in [1.29, 1.82) is 0 Å². The molecule has 0 aliphatic heterocycles. The molecule has 1 aliphatic carbocycles. The first kappa shape index (κ1) is 16.8. The Labute approximate surface area is 136 Å². The normalized spacial score (nSPS) is 24.7. The second kappa shape index (κ2) is 8.16. The van der Waals surface area contributed by atoms with Crippen LogP contribution in [0.1, 0.15) is 38.7 Å². The highest BCUT2D eigenvalue weighted by Crippen LogP contribution is 2.32. The van der Waals surface area contributed by atoms with Crippen LogP contribution in [0.15, 0.2) is 22.7 Å². The summed E-state index contributed by atoms with van der Waals surface area (Å²) in [6.45, 7) is 8.24. The van der Waals surface area contributed by atoms with Gasteiger partial charge in [-0.25, -0.2) is 0 Å². The third-order valence-electron chi connectivity index (χ3n) is 3.85. The lowest BCUT2D eigenvalue weighted by molar-refractivity contribution is -0.108. The van der Waals surface area contributed by atoms with Gasteiger partial charge in [0.05, 0.1) is 0 Å². The van der Waals surface area contributed by atoms with E-state index in [-0.39, 0.29) is 12.2 Å². The summed E-state index contributed by atoms with van der Waals surface area (Å²) in [6, 6.07) is 6.58. The van der Waals surface area contributed by atoms with Crippen molar-refractivity contribution in [2.24, 2.45) is 0 Å². The quantitative estimate of drug-likeness (QED) is 0.762. The SMILES string of the molecule is CCCNC1CC(Oc2cc(Br)ccc2C)C1OCCC. The van der Waals surface area contributed by atoms with Gasteiger partial charge in [0.2, 0.25) is 0 Å². The Morgan fingerprint density at radius 3 is 2.81 bits per heavy atom. The Morgan fingerprint density at radius 2 is 2.10 bits per heavy atom. The molecular formula is C17H26BrNO2. The van der Waals surface area contributed by atoms with E-state index in [1.165, 1.54) is 0 Å². The van der Waals surface area contributed by atoms with Crippen LogP contribution < -0.4 is 10.1 Å². The smallest absolute Gasteiger partial charge is 0.128 e. The van der Waals surface area contributed by atoms with E-state index in [9.17, 15) is 0 Å². The van der Waals surface area contributed by atoms with E-state index in [2.05, 4.69) is 48.1 Å². The molecule has 0 amide bonds. The van der Waals surface area contributed by atoms with Crippen molar-refractivity contribution in [2.75, 3.05) is 13.2 Å². The summed E-state index contributed by atoms with van der Waals surface area (Å²) in [5, 5.41) is 3.56. The summed E-state index contributed by atoms with van der Waals surface area (Å²) in [4.78, 5) is 0. The number of ether oxygens (including phenoxy) is 2. The Bertz CT molecular complexity index is 452. The second-order valence-corrected chi connectivity index (χ2v) is 6.61. The van der Waals surface area contributed by atoms with Gasteiger partial charge in [-0.15, -0.1) is 0 Å². The maximum Gasteiger partial charge on any atom is 0.128 e. The predicted molar refractivity (Wildman–Crippen MR) is 90.0 cm³/mol. The van der Waals surface area contributed by atoms with Crippen molar-refractivity contribution in [1.82, 2.24) is 5.32 Å². The molecule has 1 aliphatic rings. The Hall–Kier alpha value is -0.580. The highest BCUT2D eigenvalue weighted by Gasteiger charge is 2.43. The molecular weight excluding hydrogens is 330 g/mol. The van der Waals surface area contributed by atoms with Crippen LogP contribution in [0.3, 0.4) is 0 Å². The number of benzene rings is 1. The third-order valence-corrected chi connectivity index (χ3v) is 4.34. The Balaban J connectivity index is 1.96. The van der Waals surface area contributed by atoms with Crippen molar-refractivity contribution in [3.05, 3.63) is 28.2 Å². The summed E-state index contributed by atoms with van der Waals surface area (Å²) in [6.07, 6.45) is 3.52. The minimum atomic E-state index is 0.152. The van der Waals surface area contributed by atoms with Crippen LogP contribution >= 0.6 is 15.9 Å². The lowest BCUT2D eigenvalue weighted by Crippen LogP contribution is -2.61. The first-order valence-electron chi connectivity index (χ1n) is 7.93. The van der Waals surface area contributed by atoms with Gasteiger partial charge in [-0.3, -0.25) is 0 Å². The molecule has 0 radical (unpaired) electrons. The van der Waals surface area contributed by atoms with Crippen LogP contribution in [0.25, 0.3) is 0 Å². The number of hydrogen-bond donors (Lipinski definition) is 1. The van der Waals surface area contributed by atoms with Gasteiger partial charge < -0.3 is 14.8 Å². The maximum atomic E-state index is 6.19. The van der Waals surface area contributed by atoms with Crippen LogP contribution in [0.4, 0.5) is 0 Å². The summed E-state index contributed by atoms with van der Waals surface area (Å²) >= 11 is 3.51. The molecule has 0 spiro atoms. The molecule has 21 heavy (non-hydrogen) atoms. The standard InChI is InChI=1S/C17H26BrNO2/c1-4-8-19-14-11-16(17(14)20-9-5-2)21-15-10-13(18)7-6-12(15)3/h6-7,10,14,16-17,19H,4-5,8-9,11H2,1-3H3. The molecule has 1 saturated carbocycles. The fourth-order valence-corrected chi connectivity index (χ4v) is 2.91. The third kappa shape index (κ3) is 4.44. The number of rotatable bonds is 8. The van der Waals surface area contributed by atoms with Crippen LogP contribution in [-0.4, -0.2) is 31.4 Å². The summed E-state index contributed by atoms with van der Waals surface area (Å²) in [7, 11) is 0. The van der Waals surface area contributed by atoms with E-state index in [0.29, 0.717) is 6.04 Å². The van der Waals surface area contributed by atoms with Crippen molar-refractivity contribution < 1.29 is 9.47 Å². The molecule has 118 valence electrons. The van der Waals surface area contributed by atoms with Crippen molar-refractivity contribution in [2.45, 2.75) is 58.3 Å². The van der Waals surface area contributed by atoms with E-state index in [1.54, 1.807) is 0 Å². The highest BCUT2D eigenvalue weighted by molar-refractivity contribution is 9.10. The van der Waals surface area contributed by atoms with Gasteiger partial charge in [0, 0.05) is 23.5 Å². The molecule has 1 N–H and O–H groups in total. The topological polar surface area (TPSA) is 30.5 Å². The number of halogens is 1. The molecule has 3 nitrogen and oxygen atoms in total. The largest absolute Gasteiger partial charge is 0.487 e. The first-order chi connectivity index (χ1) is 10.2. The Kier molecular flexibility index (Phi) is 6.52. The average molecular weight is 356 g/mol. The van der Waals surface area contributed by atoms with E-state index < -0.39 is 0 Å². The molecule has 3 atom stereocenters. The summed E-state index contributed by atoms with van der Waals surface area (Å²) < 4.78 is 13.2. The van der Waals surface area contributed by atoms with Crippen LogP contribution in [0, 0.1) is 6.92 Å². The van der Waals surface area contributed by atoms with Crippen molar-refractivity contribution >= 4 is 15.9 Å². The molecule has 1 aromatic carbocycles. The van der Waals surface area contributed by atoms with E-state index in [4.69, 9.17) is 9.47 Å². The molecule has 0 aromatic heterocycles. The predicted octanol–water partition coefficient (Wildman–Crippen LogP) is 4.07. The fraction of sp³-hybridized carbons (Fsp3) is 0.647. The van der Waals surface area contributed by atoms with Crippen molar-refractivity contribution in [3.8, 4) is 5.75 Å². The fourth-order valence-electron chi connectivity index (χ4n) is 2.57. The molecule has 2 rings (SSSR count). The number of aryl methyl sites for hydroxylation is 1. The molecule has 0 bridgehead atoms. The minimum Gasteiger partial charge on any atom is -0.487 e. The summed E-state index contributed by atoms with van der Waals surface area (Å²) in [5.74, 6) is 0.952. The van der Waals surface area contributed by atoms with Crippen LogP contribution in [-0.2, 0) is 4.74 Å². The van der Waals surface area contributed by atoms with Crippen LogP contribution in [0.5, 0.6) is 5.75 Å². The van der Waals surface area contributed by atoms with E-state index in [0.717, 1.165) is 48.2 Å². The highest BCUT2D eigenvalue weighted by atomic mass is 79.9. The molecule has 4 heteroatoms. The Morgan fingerprint density at radius 1 is 1.29 bits per heavy atom. The number of nitrogens with one attached hydrogen (secondary N) is 1. The zero-order valence-corrected chi connectivity index (χ0v) is 14.8. The van der Waals surface area contributed by atoms with Gasteiger partial charge in [-0.05, 0) is 44.0 Å². The van der Waals surface area contributed by atoms with Gasteiger partial charge in [0.1, 0.15) is 18.0 Å². The molecule has 0 heterocycles. The lowest BCUT2D eigenvalue weighted by Gasteiger charge is -2.44. The van der Waals surface area contributed by atoms with Gasteiger partial charge in [-0.2, -0.15) is 0 Å². The first-order valence-corrected chi connectivity index (χ1v) is 8.72. The van der Waals surface area contributed by atoms with Gasteiger partial charge in [0.15, 0.2) is 0 Å².